The topological polar surface area (TPSA) is 72.9 Å². The van der Waals surface area contributed by atoms with E-state index in [1.807, 2.05) is 0 Å². The van der Waals surface area contributed by atoms with Gasteiger partial charge in [0, 0.05) is 13.0 Å². The summed E-state index contributed by atoms with van der Waals surface area (Å²) in [5.74, 6) is -0.404. The van der Waals surface area contributed by atoms with Crippen LogP contribution >= 0.6 is 22.6 Å². The Morgan fingerprint density at radius 2 is 1.88 bits per heavy atom. The first kappa shape index (κ1) is 16.7. The first-order valence-corrected chi connectivity index (χ1v) is 10.6. The molecule has 4 aliphatic heterocycles. The highest BCUT2D eigenvalue weighted by Crippen LogP contribution is 2.48. The van der Waals surface area contributed by atoms with Gasteiger partial charge in [-0.3, -0.25) is 4.79 Å². The average molecular weight is 463 g/mol. The third-order valence-corrected chi connectivity index (χ3v) is 8.64. The molecule has 0 radical (unpaired) electrons. The minimum atomic E-state index is -3.64. The fourth-order valence-electron chi connectivity index (χ4n) is 4.14. The van der Waals surface area contributed by atoms with Crippen molar-refractivity contribution in [1.29, 1.82) is 0 Å². The van der Waals surface area contributed by atoms with Crippen LogP contribution in [-0.2, 0) is 24.3 Å². The predicted molar refractivity (Wildman–Crippen MR) is 94.3 cm³/mol. The molecule has 0 unspecified atom stereocenters. The van der Waals surface area contributed by atoms with Crippen LogP contribution < -0.4 is 0 Å². The highest BCUT2D eigenvalue weighted by atomic mass is 127. The van der Waals surface area contributed by atoms with Crippen molar-refractivity contribution in [3.05, 3.63) is 30.3 Å². The molecule has 130 valence electrons. The number of sulfonamides is 1. The van der Waals surface area contributed by atoms with E-state index in [1.165, 1.54) is 6.92 Å². The second kappa shape index (κ2) is 5.93. The molecule has 0 saturated carbocycles. The molecule has 0 N–H and O–H groups in total. The Balaban J connectivity index is 1.75. The van der Waals surface area contributed by atoms with Crippen LogP contribution in [0.4, 0.5) is 0 Å². The average Bonchev–Trinajstić information content (AvgIpc) is 2.53. The molecule has 4 aliphatic rings. The molecule has 6 atom stereocenters. The summed E-state index contributed by atoms with van der Waals surface area (Å²) < 4.78 is 39.6. The number of hydrogen-bond acceptors (Lipinski definition) is 5. The highest BCUT2D eigenvalue weighted by molar-refractivity contribution is 14.1. The molecular weight excluding hydrogens is 445 g/mol. The van der Waals surface area contributed by atoms with Crippen molar-refractivity contribution in [3.63, 3.8) is 0 Å². The van der Waals surface area contributed by atoms with E-state index >= 15 is 0 Å². The summed E-state index contributed by atoms with van der Waals surface area (Å²) >= 11 is 2.29. The van der Waals surface area contributed by atoms with E-state index in [-0.39, 0.29) is 33.1 Å². The third-order valence-electron chi connectivity index (χ3n) is 5.04. The fourth-order valence-corrected chi connectivity index (χ4v) is 7.35. The molecule has 4 saturated heterocycles. The van der Waals surface area contributed by atoms with Gasteiger partial charge in [0.1, 0.15) is 6.10 Å². The van der Waals surface area contributed by atoms with Crippen LogP contribution in [0.2, 0.25) is 0 Å². The van der Waals surface area contributed by atoms with E-state index in [9.17, 15) is 13.2 Å². The van der Waals surface area contributed by atoms with Crippen molar-refractivity contribution in [2.75, 3.05) is 0 Å². The molecule has 8 heteroatoms. The summed E-state index contributed by atoms with van der Waals surface area (Å²) in [6.45, 7) is 1.35. The van der Waals surface area contributed by atoms with E-state index in [2.05, 4.69) is 22.6 Å². The second-order valence-electron chi connectivity index (χ2n) is 6.49. The number of carbonyl (C=O) groups excluding carboxylic acids is 1. The van der Waals surface area contributed by atoms with Gasteiger partial charge in [-0.05, 0) is 25.0 Å². The van der Waals surface area contributed by atoms with E-state index in [0.717, 1.165) is 0 Å². The maximum absolute atomic E-state index is 13.2. The lowest BCUT2D eigenvalue weighted by Crippen LogP contribution is -2.74. The van der Waals surface area contributed by atoms with Gasteiger partial charge in [0.15, 0.2) is 0 Å². The number of ether oxygens (including phenoxy) is 2. The van der Waals surface area contributed by atoms with Crippen molar-refractivity contribution in [1.82, 2.24) is 4.31 Å². The second-order valence-corrected chi connectivity index (χ2v) is 9.77. The number of rotatable bonds is 3. The number of halogens is 1. The normalized spacial score (nSPS) is 38.2. The molecule has 4 bridgehead atoms. The Kier molecular flexibility index (Phi) is 4.13. The molecule has 1 aromatic carbocycles. The Hall–Kier alpha value is -0.710. The number of piperidine rings is 2. The molecule has 1 aromatic rings. The van der Waals surface area contributed by atoms with Gasteiger partial charge in [0.2, 0.25) is 10.0 Å². The van der Waals surface area contributed by atoms with Crippen LogP contribution in [0.15, 0.2) is 35.2 Å². The summed E-state index contributed by atoms with van der Waals surface area (Å²) in [7, 11) is -3.64. The van der Waals surface area contributed by atoms with Crippen molar-refractivity contribution < 1.29 is 22.7 Å². The lowest BCUT2D eigenvalue weighted by Gasteiger charge is -2.59. The fraction of sp³-hybridized carbons (Fsp3) is 0.562. The van der Waals surface area contributed by atoms with Gasteiger partial charge in [-0.15, -0.1) is 0 Å². The quantitative estimate of drug-likeness (QED) is 0.388. The summed E-state index contributed by atoms with van der Waals surface area (Å²) in [5, 5.41) is 0. The lowest BCUT2D eigenvalue weighted by molar-refractivity contribution is -0.222. The van der Waals surface area contributed by atoms with Crippen LogP contribution in [0.25, 0.3) is 0 Å². The van der Waals surface area contributed by atoms with Gasteiger partial charge in [-0.2, -0.15) is 4.31 Å². The van der Waals surface area contributed by atoms with Gasteiger partial charge < -0.3 is 9.47 Å². The van der Waals surface area contributed by atoms with Crippen molar-refractivity contribution in [2.45, 2.75) is 59.0 Å². The zero-order valence-electron chi connectivity index (χ0n) is 13.0. The summed E-state index contributed by atoms with van der Waals surface area (Å²) in [6.07, 6.45) is 0.400. The number of hydrogen-bond donors (Lipinski definition) is 0. The van der Waals surface area contributed by atoms with Gasteiger partial charge in [0.25, 0.3) is 0 Å². The van der Waals surface area contributed by atoms with Crippen LogP contribution in [0.3, 0.4) is 0 Å². The largest absolute Gasteiger partial charge is 0.458 e. The van der Waals surface area contributed by atoms with E-state index < -0.39 is 22.1 Å². The molecule has 0 aliphatic carbocycles. The summed E-state index contributed by atoms with van der Waals surface area (Å²) in [4.78, 5) is 11.8. The van der Waals surface area contributed by atoms with Gasteiger partial charge in [-0.25, -0.2) is 8.42 Å². The van der Waals surface area contributed by atoms with Gasteiger partial charge in [0.05, 0.1) is 27.1 Å². The van der Waals surface area contributed by atoms with Crippen molar-refractivity contribution >= 4 is 38.6 Å². The van der Waals surface area contributed by atoms with E-state index in [4.69, 9.17) is 9.47 Å². The smallest absolute Gasteiger partial charge is 0.303 e. The lowest BCUT2D eigenvalue weighted by atomic mass is 9.78. The highest BCUT2D eigenvalue weighted by Gasteiger charge is 2.61. The number of alkyl halides is 1. The SMILES string of the molecule is CC(=O)O[C@@H]1[C@@H]2C[C@H]3[C@H](I)[C@H](C[C@@H]1N3S(=O)(=O)c1ccccc1)O2. The summed E-state index contributed by atoms with van der Waals surface area (Å²) in [6, 6.07) is 7.98. The molecule has 0 spiro atoms. The van der Waals surface area contributed by atoms with Crippen molar-refractivity contribution in [3.8, 4) is 0 Å². The molecule has 0 aromatic heterocycles. The zero-order valence-corrected chi connectivity index (χ0v) is 16.0. The zero-order chi connectivity index (χ0) is 17.1. The number of carbonyl (C=O) groups is 1. The molecule has 24 heavy (non-hydrogen) atoms. The van der Waals surface area contributed by atoms with Crippen LogP contribution in [0.5, 0.6) is 0 Å². The maximum atomic E-state index is 13.2. The number of nitrogens with zero attached hydrogens (tertiary/aromatic N) is 1. The number of benzene rings is 1. The Morgan fingerprint density at radius 3 is 2.54 bits per heavy atom. The first-order chi connectivity index (χ1) is 11.4. The number of esters is 1. The van der Waals surface area contributed by atoms with Crippen LogP contribution in [0.1, 0.15) is 19.8 Å². The molecule has 5 rings (SSSR count). The van der Waals surface area contributed by atoms with Crippen LogP contribution in [0, 0.1) is 0 Å². The van der Waals surface area contributed by atoms with Gasteiger partial charge in [-0.1, -0.05) is 40.8 Å². The monoisotopic (exact) mass is 463 g/mol. The van der Waals surface area contributed by atoms with E-state index in [0.29, 0.717) is 12.8 Å². The standard InChI is InChI=1S/C16H18INO5S/c1-9(19)22-16-12-8-13-15(17)11(7-14(16)23-13)18(12)24(20,21)10-5-3-2-4-6-10/h2-6,11-16H,7-8H2,1H3/t11-,12-,13-,14-,15-,16-/m0/s1. The minimum absolute atomic E-state index is 0.0216. The van der Waals surface area contributed by atoms with E-state index in [1.54, 1.807) is 34.6 Å². The molecule has 0 amide bonds. The molecule has 6 nitrogen and oxygen atoms in total. The molecular formula is C16H18INO5S. The Labute approximate surface area is 154 Å². The first-order valence-electron chi connectivity index (χ1n) is 7.95. The molecule has 4 heterocycles. The van der Waals surface area contributed by atoms with Crippen molar-refractivity contribution in [2.24, 2.45) is 0 Å². The van der Waals surface area contributed by atoms with Crippen LogP contribution in [-0.4, -0.2) is 53.0 Å². The maximum Gasteiger partial charge on any atom is 0.303 e. The Morgan fingerprint density at radius 1 is 1.21 bits per heavy atom. The minimum Gasteiger partial charge on any atom is -0.458 e. The molecule has 4 fully saturated rings. The summed E-state index contributed by atoms with van der Waals surface area (Å²) in [5.41, 5.74) is 0. The Bertz CT molecular complexity index is 755. The van der Waals surface area contributed by atoms with Gasteiger partial charge >= 0.3 is 5.97 Å². The predicted octanol–water partition coefficient (Wildman–Crippen LogP) is 1.72. The third kappa shape index (κ3) is 2.49.